The predicted molar refractivity (Wildman–Crippen MR) is 124 cm³/mol. The van der Waals surface area contributed by atoms with E-state index in [4.69, 9.17) is 0 Å². The van der Waals surface area contributed by atoms with Gasteiger partial charge in [-0.3, -0.25) is 0 Å². The smallest absolute Gasteiger partial charge is 0.228 e. The lowest BCUT2D eigenvalue weighted by molar-refractivity contribution is 0.557. The molecule has 31 heavy (non-hydrogen) atoms. The van der Waals surface area contributed by atoms with E-state index < -0.39 is 16.1 Å². The summed E-state index contributed by atoms with van der Waals surface area (Å²) >= 11 is 1.50. The number of hydrogen-bond acceptors (Lipinski definition) is 5. The van der Waals surface area contributed by atoms with Gasteiger partial charge in [-0.1, -0.05) is 66.4 Å². The summed E-state index contributed by atoms with van der Waals surface area (Å²) in [4.78, 5) is 9.43. The lowest BCUT2D eigenvalue weighted by Crippen LogP contribution is -2.30. The summed E-state index contributed by atoms with van der Waals surface area (Å²) in [5.74, 6) is 0. The fraction of sp³-hybridized carbons (Fsp3) is 0.167. The Labute approximate surface area is 186 Å². The van der Waals surface area contributed by atoms with Crippen molar-refractivity contribution in [2.24, 2.45) is 0 Å². The van der Waals surface area contributed by atoms with E-state index >= 15 is 0 Å². The first-order valence-corrected chi connectivity index (χ1v) is 12.4. The lowest BCUT2D eigenvalue weighted by atomic mass is 10.1. The highest BCUT2D eigenvalue weighted by Gasteiger charge is 2.38. The molecule has 1 heterocycles. The number of sulfonamides is 1. The summed E-state index contributed by atoms with van der Waals surface area (Å²) in [6.07, 6.45) is 0. The summed E-state index contributed by atoms with van der Waals surface area (Å²) < 4.78 is 29.4. The minimum absolute atomic E-state index is 0.180. The molecule has 0 amide bonds. The molecule has 2 atom stereocenters. The molecule has 0 bridgehead atoms. The number of nitrogens with zero attached hydrogens (tertiary/aromatic N) is 2. The summed E-state index contributed by atoms with van der Waals surface area (Å²) in [6, 6.07) is 22.2. The Morgan fingerprint density at radius 3 is 2.16 bits per heavy atom. The van der Waals surface area contributed by atoms with Gasteiger partial charge < -0.3 is 0 Å². The molecule has 0 radical (unpaired) electrons. The van der Waals surface area contributed by atoms with E-state index in [1.54, 1.807) is 30.3 Å². The summed E-state index contributed by atoms with van der Waals surface area (Å²) in [7, 11) is -3.70. The Hall–Kier alpha value is -2.74. The quantitative estimate of drug-likeness (QED) is 0.430. The summed E-state index contributed by atoms with van der Waals surface area (Å²) in [5, 5.41) is 2.67. The molecule has 0 saturated heterocycles. The second-order valence-electron chi connectivity index (χ2n) is 7.68. The Morgan fingerprint density at radius 1 is 0.839 bits per heavy atom. The number of hydrogen-bond donors (Lipinski definition) is 1. The minimum Gasteiger partial charge on any atom is -0.228 e. The first-order valence-electron chi connectivity index (χ1n) is 10.0. The second kappa shape index (κ2) is 7.75. The number of aryl methyl sites for hydroxylation is 2. The predicted octanol–water partition coefficient (Wildman–Crippen LogP) is 5.11. The average molecular weight is 448 g/mol. The van der Waals surface area contributed by atoms with Crippen LogP contribution in [-0.2, 0) is 10.0 Å². The molecule has 7 heteroatoms. The van der Waals surface area contributed by atoms with Gasteiger partial charge in [0.05, 0.1) is 16.2 Å². The van der Waals surface area contributed by atoms with Gasteiger partial charge >= 0.3 is 0 Å². The number of benzene rings is 3. The molecule has 1 aliphatic rings. The molecule has 4 aromatic rings. The van der Waals surface area contributed by atoms with E-state index in [2.05, 4.69) is 32.9 Å². The highest BCUT2D eigenvalue weighted by atomic mass is 32.2. The fourth-order valence-electron chi connectivity index (χ4n) is 4.19. The van der Waals surface area contributed by atoms with E-state index in [0.717, 1.165) is 33.3 Å². The van der Waals surface area contributed by atoms with Gasteiger partial charge in [-0.15, -0.1) is 0 Å². The van der Waals surface area contributed by atoms with Gasteiger partial charge in [0.2, 0.25) is 10.0 Å². The van der Waals surface area contributed by atoms with Crippen molar-refractivity contribution in [3.8, 4) is 0 Å². The molecule has 3 aromatic carbocycles. The van der Waals surface area contributed by atoms with Crippen LogP contribution in [0.2, 0.25) is 0 Å². The highest BCUT2D eigenvalue weighted by molar-refractivity contribution is 7.99. The van der Waals surface area contributed by atoms with Crippen molar-refractivity contribution in [3.63, 3.8) is 0 Å². The van der Waals surface area contributed by atoms with Crippen LogP contribution in [-0.4, -0.2) is 18.4 Å². The van der Waals surface area contributed by atoms with Gasteiger partial charge in [-0.05, 0) is 53.9 Å². The van der Waals surface area contributed by atoms with Crippen molar-refractivity contribution in [3.05, 3.63) is 95.3 Å². The van der Waals surface area contributed by atoms with Gasteiger partial charge in [0.25, 0.3) is 0 Å². The zero-order valence-corrected chi connectivity index (χ0v) is 18.7. The Balaban J connectivity index is 1.61. The monoisotopic (exact) mass is 447 g/mol. The largest absolute Gasteiger partial charge is 0.241 e. The van der Waals surface area contributed by atoms with Gasteiger partial charge in [0.15, 0.2) is 5.16 Å². The number of rotatable bonds is 5. The van der Waals surface area contributed by atoms with Crippen LogP contribution in [0.4, 0.5) is 0 Å². The van der Waals surface area contributed by atoms with Gasteiger partial charge in [0, 0.05) is 11.4 Å². The fourth-order valence-corrected chi connectivity index (χ4v) is 6.82. The molecule has 5 rings (SSSR count). The van der Waals surface area contributed by atoms with E-state index in [-0.39, 0.29) is 10.1 Å². The molecule has 0 aliphatic heterocycles. The molecule has 0 saturated carbocycles. The highest BCUT2D eigenvalue weighted by Crippen LogP contribution is 2.52. The number of aromatic nitrogens is 2. The molecule has 0 fully saturated rings. The molecular weight excluding hydrogens is 426 g/mol. The van der Waals surface area contributed by atoms with Crippen molar-refractivity contribution >= 4 is 32.6 Å². The molecule has 156 valence electrons. The van der Waals surface area contributed by atoms with Crippen molar-refractivity contribution in [1.82, 2.24) is 14.7 Å². The first-order chi connectivity index (χ1) is 14.9. The molecular formula is C24H21N3O2S2. The number of nitrogens with one attached hydrogen (secondary N) is 1. The van der Waals surface area contributed by atoms with Crippen LogP contribution in [0.1, 0.15) is 33.8 Å². The zero-order chi connectivity index (χ0) is 21.6. The normalized spacial score (nSPS) is 17.9. The third-order valence-corrected chi connectivity index (χ3v) is 8.07. The third-order valence-electron chi connectivity index (χ3n) is 5.44. The molecule has 0 spiro atoms. The van der Waals surface area contributed by atoms with Crippen LogP contribution in [0.3, 0.4) is 0 Å². The lowest BCUT2D eigenvalue weighted by Gasteiger charge is -2.22. The van der Waals surface area contributed by atoms with E-state index in [0.29, 0.717) is 5.16 Å². The maximum Gasteiger partial charge on any atom is 0.241 e. The Morgan fingerprint density at radius 2 is 1.48 bits per heavy atom. The Kier molecular flexibility index (Phi) is 5.04. The van der Waals surface area contributed by atoms with Crippen molar-refractivity contribution < 1.29 is 8.42 Å². The first kappa shape index (κ1) is 20.2. The standard InChI is InChI=1S/C24H21N3O2S2/c1-15-14-16(2)26-24(25-15)30-23-20-13-7-9-17-8-6-12-19(21(17)20)22(23)27-31(28,29)18-10-4-3-5-11-18/h3-14,22-23,27H,1-2H3/t22-,23+/m1/s1. The summed E-state index contributed by atoms with van der Waals surface area (Å²) in [6.45, 7) is 3.89. The molecule has 1 aliphatic carbocycles. The van der Waals surface area contributed by atoms with Crippen LogP contribution in [0, 0.1) is 13.8 Å². The van der Waals surface area contributed by atoms with Gasteiger partial charge in [0.1, 0.15) is 0 Å². The average Bonchev–Trinajstić information content (AvgIpc) is 3.02. The zero-order valence-electron chi connectivity index (χ0n) is 17.1. The van der Waals surface area contributed by atoms with Crippen LogP contribution < -0.4 is 4.72 Å². The molecule has 1 aromatic heterocycles. The van der Waals surface area contributed by atoms with E-state index in [1.165, 1.54) is 11.8 Å². The topological polar surface area (TPSA) is 72.0 Å². The maximum absolute atomic E-state index is 13.2. The SMILES string of the molecule is Cc1cc(C)nc(S[C@H]2c3cccc4cccc(c34)[C@H]2NS(=O)(=O)c2ccccc2)n1. The van der Waals surface area contributed by atoms with Crippen LogP contribution in [0.5, 0.6) is 0 Å². The molecule has 1 N–H and O–H groups in total. The van der Waals surface area contributed by atoms with Crippen molar-refractivity contribution in [2.45, 2.75) is 35.2 Å². The van der Waals surface area contributed by atoms with Crippen LogP contribution in [0.25, 0.3) is 10.8 Å². The van der Waals surface area contributed by atoms with E-state index in [9.17, 15) is 8.42 Å². The van der Waals surface area contributed by atoms with Gasteiger partial charge in [-0.25, -0.2) is 23.1 Å². The van der Waals surface area contributed by atoms with Gasteiger partial charge in [-0.2, -0.15) is 0 Å². The molecule has 5 nitrogen and oxygen atoms in total. The van der Waals surface area contributed by atoms with Crippen molar-refractivity contribution in [2.75, 3.05) is 0 Å². The van der Waals surface area contributed by atoms with Crippen molar-refractivity contribution in [1.29, 1.82) is 0 Å². The molecule has 0 unspecified atom stereocenters. The summed E-state index contributed by atoms with van der Waals surface area (Å²) in [5.41, 5.74) is 3.87. The van der Waals surface area contributed by atoms with E-state index in [1.807, 2.05) is 38.1 Å². The third kappa shape index (κ3) is 3.73. The maximum atomic E-state index is 13.2. The minimum atomic E-state index is -3.70. The second-order valence-corrected chi connectivity index (χ2v) is 10.5. The van der Waals surface area contributed by atoms with Crippen LogP contribution >= 0.6 is 11.8 Å². The Bertz CT molecular complexity index is 1360. The van der Waals surface area contributed by atoms with Crippen LogP contribution in [0.15, 0.2) is 82.8 Å². The number of thioether (sulfide) groups is 1.